The van der Waals surface area contributed by atoms with Gasteiger partial charge in [0.1, 0.15) is 6.04 Å². The number of fused-ring (bicyclic) bond motifs is 2. The number of carbonyl (C=O) groups excluding carboxylic acids is 3. The van der Waals surface area contributed by atoms with Gasteiger partial charge in [-0.15, -0.1) is 0 Å². The standard InChI is InChI=1S/C25H25N5O4/c31-23-4-3-21(24(32)27-23)29-14-18-11-17(1-2-20(18)25(29)33)22-10-16(9-19-12-26-15-30(19)22)13-28-5-7-34-8-6-28/h1-2,9-12,15,21H,3-8,13-14H2,(H,27,31,32). The van der Waals surface area contributed by atoms with E-state index >= 15 is 0 Å². The van der Waals surface area contributed by atoms with Gasteiger partial charge >= 0.3 is 0 Å². The van der Waals surface area contributed by atoms with E-state index in [1.165, 1.54) is 5.56 Å². The predicted octanol–water partition coefficient (Wildman–Crippen LogP) is 1.59. The smallest absolute Gasteiger partial charge is 0.255 e. The lowest BCUT2D eigenvalue weighted by molar-refractivity contribution is -0.136. The van der Waals surface area contributed by atoms with Gasteiger partial charge in [-0.2, -0.15) is 0 Å². The summed E-state index contributed by atoms with van der Waals surface area (Å²) in [6.07, 6.45) is 4.26. The number of carbonyl (C=O) groups is 3. The van der Waals surface area contributed by atoms with Gasteiger partial charge < -0.3 is 9.64 Å². The molecule has 2 saturated heterocycles. The number of piperidine rings is 1. The molecule has 0 saturated carbocycles. The van der Waals surface area contributed by atoms with E-state index in [1.54, 1.807) is 11.2 Å². The first-order valence-electron chi connectivity index (χ1n) is 11.6. The number of nitrogens with zero attached hydrogens (tertiary/aromatic N) is 4. The molecule has 3 aliphatic rings. The largest absolute Gasteiger partial charge is 0.379 e. The molecule has 34 heavy (non-hydrogen) atoms. The molecule has 0 spiro atoms. The first-order valence-corrected chi connectivity index (χ1v) is 11.6. The van der Waals surface area contributed by atoms with Crippen molar-refractivity contribution in [2.75, 3.05) is 26.3 Å². The summed E-state index contributed by atoms with van der Waals surface area (Å²) < 4.78 is 7.53. The third-order valence-corrected chi connectivity index (χ3v) is 6.91. The Labute approximate surface area is 196 Å². The molecule has 5 heterocycles. The van der Waals surface area contributed by atoms with E-state index in [9.17, 15) is 14.4 Å². The Morgan fingerprint density at radius 2 is 1.94 bits per heavy atom. The molecule has 0 bridgehead atoms. The van der Waals surface area contributed by atoms with Crippen LogP contribution in [0.4, 0.5) is 0 Å². The summed E-state index contributed by atoms with van der Waals surface area (Å²) >= 11 is 0. The number of hydrogen-bond acceptors (Lipinski definition) is 6. The van der Waals surface area contributed by atoms with Crippen molar-refractivity contribution in [3.8, 4) is 11.3 Å². The van der Waals surface area contributed by atoms with Gasteiger partial charge in [0.2, 0.25) is 11.8 Å². The van der Waals surface area contributed by atoms with Crippen molar-refractivity contribution in [2.45, 2.75) is 32.0 Å². The number of amides is 3. The van der Waals surface area contributed by atoms with E-state index in [1.807, 2.05) is 24.4 Å². The number of hydrogen-bond donors (Lipinski definition) is 1. The van der Waals surface area contributed by atoms with Crippen LogP contribution in [0.25, 0.3) is 16.8 Å². The normalized spacial score (nSPS) is 21.2. The van der Waals surface area contributed by atoms with Crippen molar-refractivity contribution >= 4 is 23.2 Å². The van der Waals surface area contributed by atoms with Crippen molar-refractivity contribution in [3.63, 3.8) is 0 Å². The lowest BCUT2D eigenvalue weighted by Gasteiger charge is -2.29. The Kier molecular flexibility index (Phi) is 5.15. The number of imide groups is 1. The quantitative estimate of drug-likeness (QED) is 0.596. The number of pyridine rings is 1. The highest BCUT2D eigenvalue weighted by Gasteiger charge is 2.39. The average Bonchev–Trinajstić information content (AvgIpc) is 3.43. The zero-order chi connectivity index (χ0) is 23.2. The minimum atomic E-state index is -0.613. The van der Waals surface area contributed by atoms with Gasteiger partial charge in [-0.25, -0.2) is 4.98 Å². The molecule has 3 amide bonds. The minimum Gasteiger partial charge on any atom is -0.379 e. The Bertz CT molecular complexity index is 1310. The van der Waals surface area contributed by atoms with E-state index < -0.39 is 11.9 Å². The highest BCUT2D eigenvalue weighted by atomic mass is 16.5. The summed E-state index contributed by atoms with van der Waals surface area (Å²) in [7, 11) is 0. The monoisotopic (exact) mass is 459 g/mol. The van der Waals surface area contributed by atoms with Gasteiger partial charge in [-0.05, 0) is 47.4 Å². The highest BCUT2D eigenvalue weighted by Crippen LogP contribution is 2.32. The lowest BCUT2D eigenvalue weighted by Crippen LogP contribution is -2.52. The summed E-state index contributed by atoms with van der Waals surface area (Å²) in [6.45, 7) is 4.53. The zero-order valence-corrected chi connectivity index (χ0v) is 18.7. The number of aromatic nitrogens is 2. The molecule has 6 rings (SSSR count). The first-order chi connectivity index (χ1) is 16.6. The molecule has 1 unspecified atom stereocenters. The van der Waals surface area contributed by atoms with Crippen molar-refractivity contribution in [1.29, 1.82) is 0 Å². The second kappa shape index (κ2) is 8.34. The van der Waals surface area contributed by atoms with Crippen LogP contribution in [0, 0.1) is 0 Å². The van der Waals surface area contributed by atoms with E-state index in [2.05, 4.69) is 31.7 Å². The summed E-state index contributed by atoms with van der Waals surface area (Å²) in [5.74, 6) is -0.840. The van der Waals surface area contributed by atoms with Crippen LogP contribution in [0.1, 0.15) is 34.3 Å². The van der Waals surface area contributed by atoms with Crippen LogP contribution in [-0.4, -0.2) is 69.3 Å². The number of imidazole rings is 1. The minimum absolute atomic E-state index is 0.162. The molecule has 1 N–H and O–H groups in total. The van der Waals surface area contributed by atoms with Crippen molar-refractivity contribution in [1.82, 2.24) is 24.5 Å². The summed E-state index contributed by atoms with van der Waals surface area (Å²) in [5, 5.41) is 2.35. The van der Waals surface area contributed by atoms with Gasteiger partial charge in [0, 0.05) is 38.2 Å². The second-order valence-corrected chi connectivity index (χ2v) is 9.10. The molecule has 2 fully saturated rings. The summed E-state index contributed by atoms with van der Waals surface area (Å²) in [5.41, 5.74) is 5.71. The molecule has 3 aromatic rings. The van der Waals surface area contributed by atoms with E-state index in [0.717, 1.165) is 55.2 Å². The number of morpholine rings is 1. The maximum absolute atomic E-state index is 13.0. The number of rotatable bonds is 4. The fourth-order valence-corrected chi connectivity index (χ4v) is 5.16. The molecule has 2 aromatic heterocycles. The van der Waals surface area contributed by atoms with Crippen LogP contribution in [0.5, 0.6) is 0 Å². The molecule has 9 heteroatoms. The van der Waals surface area contributed by atoms with Crippen LogP contribution >= 0.6 is 0 Å². The SMILES string of the molecule is O=C1CCC(N2Cc3cc(-c4cc(CN5CCOCC5)cc5cncn45)ccc3C2=O)C(=O)N1. The number of benzene rings is 1. The molecular formula is C25H25N5O4. The van der Waals surface area contributed by atoms with Gasteiger partial charge in [0.15, 0.2) is 0 Å². The Hall–Kier alpha value is -3.56. The fraction of sp³-hybridized carbons (Fsp3) is 0.360. The molecular weight excluding hydrogens is 434 g/mol. The third kappa shape index (κ3) is 3.66. The lowest BCUT2D eigenvalue weighted by atomic mass is 10.0. The van der Waals surface area contributed by atoms with Crippen LogP contribution in [0.3, 0.4) is 0 Å². The second-order valence-electron chi connectivity index (χ2n) is 9.10. The molecule has 3 aliphatic heterocycles. The summed E-state index contributed by atoms with van der Waals surface area (Å²) in [6, 6.07) is 9.56. The maximum atomic E-state index is 13.0. The van der Waals surface area contributed by atoms with Crippen LogP contribution < -0.4 is 5.32 Å². The molecule has 0 aliphatic carbocycles. The molecule has 9 nitrogen and oxygen atoms in total. The summed E-state index contributed by atoms with van der Waals surface area (Å²) in [4.78, 5) is 45.2. The van der Waals surface area contributed by atoms with Crippen LogP contribution in [-0.2, 0) is 27.4 Å². The predicted molar refractivity (Wildman–Crippen MR) is 123 cm³/mol. The fourth-order valence-electron chi connectivity index (χ4n) is 5.16. The molecule has 174 valence electrons. The maximum Gasteiger partial charge on any atom is 0.255 e. The van der Waals surface area contributed by atoms with Gasteiger partial charge in [0.05, 0.1) is 36.9 Å². The molecule has 1 atom stereocenters. The van der Waals surface area contributed by atoms with Crippen molar-refractivity contribution in [3.05, 3.63) is 59.5 Å². The zero-order valence-electron chi connectivity index (χ0n) is 18.7. The third-order valence-electron chi connectivity index (χ3n) is 6.91. The first kappa shape index (κ1) is 21.0. The molecule has 0 radical (unpaired) electrons. The van der Waals surface area contributed by atoms with Gasteiger partial charge in [0.25, 0.3) is 5.91 Å². The van der Waals surface area contributed by atoms with Crippen molar-refractivity contribution < 1.29 is 19.1 Å². The Morgan fingerprint density at radius 3 is 2.76 bits per heavy atom. The van der Waals surface area contributed by atoms with E-state index in [-0.39, 0.29) is 18.2 Å². The number of nitrogens with one attached hydrogen (secondary N) is 1. The average molecular weight is 460 g/mol. The topological polar surface area (TPSA) is 96.2 Å². The van der Waals surface area contributed by atoms with Crippen LogP contribution in [0.15, 0.2) is 42.9 Å². The van der Waals surface area contributed by atoms with E-state index in [4.69, 9.17) is 4.74 Å². The highest BCUT2D eigenvalue weighted by molar-refractivity contribution is 6.05. The van der Waals surface area contributed by atoms with Crippen LogP contribution in [0.2, 0.25) is 0 Å². The van der Waals surface area contributed by atoms with E-state index in [0.29, 0.717) is 18.5 Å². The Balaban J connectivity index is 1.32. The van der Waals surface area contributed by atoms with Gasteiger partial charge in [-0.1, -0.05) is 6.07 Å². The van der Waals surface area contributed by atoms with Crippen molar-refractivity contribution in [2.24, 2.45) is 0 Å². The Morgan fingerprint density at radius 1 is 1.09 bits per heavy atom. The number of ether oxygens (including phenoxy) is 1. The molecule has 1 aromatic carbocycles. The van der Waals surface area contributed by atoms with Gasteiger partial charge in [-0.3, -0.25) is 29.0 Å².